The van der Waals surface area contributed by atoms with Crippen LogP contribution in [0.2, 0.25) is 0 Å². The van der Waals surface area contributed by atoms with Crippen LogP contribution in [0.5, 0.6) is 0 Å². The number of hydrogen-bond acceptors (Lipinski definition) is 3. The fraction of sp³-hybridized carbons (Fsp3) is 0.250. The van der Waals surface area contributed by atoms with Crippen LogP contribution in [-0.4, -0.2) is 29.0 Å². The second-order valence-corrected chi connectivity index (χ2v) is 7.11. The molecule has 29 heavy (non-hydrogen) atoms. The fourth-order valence-corrected chi connectivity index (χ4v) is 3.76. The van der Waals surface area contributed by atoms with Crippen molar-refractivity contribution >= 4 is 6.09 Å². The summed E-state index contributed by atoms with van der Waals surface area (Å²) in [6, 6.07) is 16.6. The molecule has 0 saturated carbocycles. The van der Waals surface area contributed by atoms with Gasteiger partial charge in [0.1, 0.15) is 6.61 Å². The van der Waals surface area contributed by atoms with E-state index >= 15 is 0 Å². The molecule has 0 fully saturated rings. The van der Waals surface area contributed by atoms with Crippen LogP contribution >= 0.6 is 0 Å². The van der Waals surface area contributed by atoms with Crippen molar-refractivity contribution in [2.24, 2.45) is 7.05 Å². The minimum atomic E-state index is -0.411. The molecule has 1 N–H and O–H groups in total. The highest BCUT2D eigenvalue weighted by molar-refractivity contribution is 5.79. The molecule has 0 aliphatic heterocycles. The fourth-order valence-electron chi connectivity index (χ4n) is 3.76. The Morgan fingerprint density at radius 2 is 1.79 bits per heavy atom. The molecule has 0 atom stereocenters. The summed E-state index contributed by atoms with van der Waals surface area (Å²) in [4.78, 5) is 12.1. The molecule has 1 aliphatic rings. The number of aromatic nitrogens is 2. The van der Waals surface area contributed by atoms with Crippen LogP contribution in [0, 0.1) is 18.8 Å². The van der Waals surface area contributed by atoms with Gasteiger partial charge in [0.25, 0.3) is 0 Å². The maximum Gasteiger partial charge on any atom is 0.407 e. The third-order valence-corrected chi connectivity index (χ3v) is 5.10. The molecular weight excluding hydrogens is 362 g/mol. The van der Waals surface area contributed by atoms with Crippen molar-refractivity contribution in [3.05, 3.63) is 77.1 Å². The van der Waals surface area contributed by atoms with Crippen LogP contribution in [-0.2, 0) is 11.8 Å². The van der Waals surface area contributed by atoms with E-state index in [0.29, 0.717) is 19.6 Å². The lowest BCUT2D eigenvalue weighted by atomic mass is 9.98. The summed E-state index contributed by atoms with van der Waals surface area (Å²) < 4.78 is 7.26. The van der Waals surface area contributed by atoms with Crippen LogP contribution < -0.4 is 5.32 Å². The van der Waals surface area contributed by atoms with Crippen LogP contribution in [0.3, 0.4) is 0 Å². The predicted molar refractivity (Wildman–Crippen MR) is 113 cm³/mol. The molecule has 1 amide bonds. The van der Waals surface area contributed by atoms with Gasteiger partial charge in [-0.1, -0.05) is 60.4 Å². The lowest BCUT2D eigenvalue weighted by Crippen LogP contribution is -2.26. The molecule has 0 bridgehead atoms. The van der Waals surface area contributed by atoms with Gasteiger partial charge in [-0.05, 0) is 29.2 Å². The SMILES string of the molecule is Cc1nn(C)cc1C#CCCNC(=O)OCC1c2ccccc2-c2ccccc21. The Kier molecular flexibility index (Phi) is 5.35. The molecule has 3 aromatic rings. The molecule has 1 heterocycles. The van der Waals surface area contributed by atoms with Crippen molar-refractivity contribution in [2.45, 2.75) is 19.3 Å². The summed E-state index contributed by atoms with van der Waals surface area (Å²) in [5.74, 6) is 6.21. The van der Waals surface area contributed by atoms with Crippen molar-refractivity contribution in [2.75, 3.05) is 13.2 Å². The molecule has 4 rings (SSSR count). The number of fused-ring (bicyclic) bond motifs is 3. The van der Waals surface area contributed by atoms with Gasteiger partial charge in [-0.15, -0.1) is 0 Å². The molecule has 1 aliphatic carbocycles. The Bertz CT molecular complexity index is 1060. The average molecular weight is 385 g/mol. The topological polar surface area (TPSA) is 56.2 Å². The monoisotopic (exact) mass is 385 g/mol. The van der Waals surface area contributed by atoms with Crippen molar-refractivity contribution in [3.8, 4) is 23.0 Å². The molecule has 0 radical (unpaired) electrons. The summed E-state index contributed by atoms with van der Waals surface area (Å²) in [5, 5.41) is 7.03. The Labute approximate surface area is 170 Å². The van der Waals surface area contributed by atoms with Crippen LogP contribution in [0.25, 0.3) is 11.1 Å². The van der Waals surface area contributed by atoms with Crippen molar-refractivity contribution in [1.82, 2.24) is 15.1 Å². The normalized spacial score (nSPS) is 11.9. The summed E-state index contributed by atoms with van der Waals surface area (Å²) in [7, 11) is 1.87. The number of aryl methyl sites for hydroxylation is 2. The second kappa shape index (κ2) is 8.24. The molecule has 5 nitrogen and oxygen atoms in total. The van der Waals surface area contributed by atoms with E-state index in [1.807, 2.05) is 44.4 Å². The third kappa shape index (κ3) is 4.02. The van der Waals surface area contributed by atoms with Gasteiger partial charge in [-0.2, -0.15) is 5.10 Å². The Hall–Kier alpha value is -3.52. The molecule has 1 aromatic heterocycles. The van der Waals surface area contributed by atoms with Gasteiger partial charge in [-0.25, -0.2) is 4.79 Å². The lowest BCUT2D eigenvalue weighted by molar-refractivity contribution is 0.143. The Morgan fingerprint density at radius 1 is 1.14 bits per heavy atom. The highest BCUT2D eigenvalue weighted by atomic mass is 16.5. The van der Waals surface area contributed by atoms with Gasteiger partial charge in [-0.3, -0.25) is 4.68 Å². The maximum absolute atomic E-state index is 12.1. The predicted octanol–water partition coefficient (Wildman–Crippen LogP) is 4.01. The van der Waals surface area contributed by atoms with Crippen LogP contribution in [0.15, 0.2) is 54.7 Å². The molecule has 5 heteroatoms. The molecule has 0 unspecified atom stereocenters. The van der Waals surface area contributed by atoms with Crippen molar-refractivity contribution in [3.63, 3.8) is 0 Å². The van der Waals surface area contributed by atoms with E-state index < -0.39 is 6.09 Å². The number of ether oxygens (including phenoxy) is 1. The number of carbonyl (C=O) groups is 1. The number of benzene rings is 2. The maximum atomic E-state index is 12.1. The van der Waals surface area contributed by atoms with E-state index in [0.717, 1.165) is 11.3 Å². The second-order valence-electron chi connectivity index (χ2n) is 7.11. The zero-order chi connectivity index (χ0) is 20.2. The van der Waals surface area contributed by atoms with E-state index in [1.165, 1.54) is 22.3 Å². The number of rotatable bonds is 4. The number of nitrogens with zero attached hydrogens (tertiary/aromatic N) is 2. The first-order valence-electron chi connectivity index (χ1n) is 9.71. The highest BCUT2D eigenvalue weighted by Crippen LogP contribution is 2.44. The molecule has 146 valence electrons. The summed E-state index contributed by atoms with van der Waals surface area (Å²) in [5.41, 5.74) is 6.67. The number of hydrogen-bond donors (Lipinski definition) is 1. The van der Waals surface area contributed by atoms with Gasteiger partial charge < -0.3 is 10.1 Å². The van der Waals surface area contributed by atoms with Gasteiger partial charge in [0.05, 0.1) is 11.3 Å². The minimum Gasteiger partial charge on any atom is -0.449 e. The molecule has 0 saturated heterocycles. The van der Waals surface area contributed by atoms with Crippen LogP contribution in [0.1, 0.15) is 34.7 Å². The smallest absolute Gasteiger partial charge is 0.407 e. The van der Waals surface area contributed by atoms with E-state index in [4.69, 9.17) is 4.74 Å². The van der Waals surface area contributed by atoms with E-state index in [1.54, 1.807) is 4.68 Å². The van der Waals surface area contributed by atoms with Gasteiger partial charge in [0.15, 0.2) is 0 Å². The number of amides is 1. The zero-order valence-electron chi connectivity index (χ0n) is 16.6. The first kappa shape index (κ1) is 18.8. The summed E-state index contributed by atoms with van der Waals surface area (Å²) >= 11 is 0. The number of carbonyl (C=O) groups excluding carboxylic acids is 1. The zero-order valence-corrected chi connectivity index (χ0v) is 16.6. The Morgan fingerprint density at radius 3 is 2.41 bits per heavy atom. The number of alkyl carbamates (subject to hydrolysis) is 1. The standard InChI is InChI=1S/C24H23N3O2/c1-17-18(15-27(2)26-17)9-7-8-14-25-24(28)29-16-23-21-12-5-3-10-19(21)20-11-4-6-13-22(20)23/h3-6,10-13,15,23H,8,14,16H2,1-2H3,(H,25,28). The van der Waals surface area contributed by atoms with Crippen molar-refractivity contribution < 1.29 is 9.53 Å². The third-order valence-electron chi connectivity index (χ3n) is 5.10. The molecule has 2 aromatic carbocycles. The van der Waals surface area contributed by atoms with E-state index in [2.05, 4.69) is 46.5 Å². The molecular formula is C24H23N3O2. The largest absolute Gasteiger partial charge is 0.449 e. The summed E-state index contributed by atoms with van der Waals surface area (Å²) in [6.45, 7) is 2.70. The van der Waals surface area contributed by atoms with Crippen LogP contribution in [0.4, 0.5) is 4.79 Å². The Balaban J connectivity index is 1.30. The summed E-state index contributed by atoms with van der Waals surface area (Å²) in [6.07, 6.45) is 2.03. The average Bonchev–Trinajstić information content (AvgIpc) is 3.22. The van der Waals surface area contributed by atoms with Gasteiger partial charge in [0, 0.05) is 32.1 Å². The molecule has 0 spiro atoms. The minimum absolute atomic E-state index is 0.0708. The lowest BCUT2D eigenvalue weighted by Gasteiger charge is -2.14. The first-order valence-corrected chi connectivity index (χ1v) is 9.71. The van der Waals surface area contributed by atoms with Gasteiger partial charge >= 0.3 is 6.09 Å². The quantitative estimate of drug-likeness (QED) is 0.545. The van der Waals surface area contributed by atoms with Crippen molar-refractivity contribution in [1.29, 1.82) is 0 Å². The highest BCUT2D eigenvalue weighted by Gasteiger charge is 2.28. The first-order chi connectivity index (χ1) is 14.1. The van der Waals surface area contributed by atoms with E-state index in [-0.39, 0.29) is 5.92 Å². The van der Waals surface area contributed by atoms with E-state index in [9.17, 15) is 4.79 Å². The van der Waals surface area contributed by atoms with Gasteiger partial charge in [0.2, 0.25) is 0 Å². The number of nitrogens with one attached hydrogen (secondary N) is 1.